The molecule has 1 aliphatic rings. The lowest BCUT2D eigenvalue weighted by atomic mass is 10.1. The van der Waals surface area contributed by atoms with Crippen molar-refractivity contribution >= 4 is 11.6 Å². The van der Waals surface area contributed by atoms with Gasteiger partial charge >= 0.3 is 0 Å². The van der Waals surface area contributed by atoms with Gasteiger partial charge in [0, 0.05) is 25.1 Å². The SMILES string of the molecule is CC(C)CCOCCNc1cc(N)nc(C2CC2)n1. The van der Waals surface area contributed by atoms with Crippen LogP contribution in [-0.2, 0) is 4.74 Å². The zero-order chi connectivity index (χ0) is 13.7. The first-order chi connectivity index (χ1) is 9.15. The summed E-state index contributed by atoms with van der Waals surface area (Å²) in [7, 11) is 0. The van der Waals surface area contributed by atoms with Crippen molar-refractivity contribution in [3.05, 3.63) is 11.9 Å². The van der Waals surface area contributed by atoms with Crippen molar-refractivity contribution < 1.29 is 4.74 Å². The molecule has 0 bridgehead atoms. The number of hydrogen-bond acceptors (Lipinski definition) is 5. The van der Waals surface area contributed by atoms with Crippen LogP contribution in [0.2, 0.25) is 0 Å². The van der Waals surface area contributed by atoms with E-state index in [1.54, 1.807) is 6.07 Å². The third-order valence-corrected chi connectivity index (χ3v) is 3.10. The molecule has 1 aliphatic carbocycles. The van der Waals surface area contributed by atoms with E-state index in [1.807, 2.05) is 0 Å². The fraction of sp³-hybridized carbons (Fsp3) is 0.714. The van der Waals surface area contributed by atoms with Gasteiger partial charge in [0.05, 0.1) is 6.61 Å². The smallest absolute Gasteiger partial charge is 0.136 e. The van der Waals surface area contributed by atoms with Gasteiger partial charge in [0.15, 0.2) is 0 Å². The second kappa shape index (κ2) is 6.70. The van der Waals surface area contributed by atoms with E-state index in [4.69, 9.17) is 10.5 Å². The molecule has 1 heterocycles. The van der Waals surface area contributed by atoms with Crippen molar-refractivity contribution in [2.75, 3.05) is 30.8 Å². The van der Waals surface area contributed by atoms with Gasteiger partial charge in [-0.1, -0.05) is 13.8 Å². The van der Waals surface area contributed by atoms with Gasteiger partial charge in [0.25, 0.3) is 0 Å². The van der Waals surface area contributed by atoms with Gasteiger partial charge in [-0.15, -0.1) is 0 Å². The number of nitrogens with two attached hydrogens (primary N) is 1. The maximum atomic E-state index is 5.79. The van der Waals surface area contributed by atoms with Crippen LogP contribution in [0.1, 0.15) is 44.9 Å². The lowest BCUT2D eigenvalue weighted by Crippen LogP contribution is -2.13. The largest absolute Gasteiger partial charge is 0.384 e. The Morgan fingerprint density at radius 3 is 2.84 bits per heavy atom. The summed E-state index contributed by atoms with van der Waals surface area (Å²) in [4.78, 5) is 8.75. The quantitative estimate of drug-likeness (QED) is 0.705. The monoisotopic (exact) mass is 264 g/mol. The van der Waals surface area contributed by atoms with E-state index >= 15 is 0 Å². The maximum Gasteiger partial charge on any atom is 0.136 e. The molecular formula is C14H24N4O. The lowest BCUT2D eigenvalue weighted by Gasteiger charge is -2.09. The zero-order valence-corrected chi connectivity index (χ0v) is 11.9. The summed E-state index contributed by atoms with van der Waals surface area (Å²) in [5.74, 6) is 3.44. The summed E-state index contributed by atoms with van der Waals surface area (Å²) in [6.07, 6.45) is 3.47. The molecule has 0 unspecified atom stereocenters. The summed E-state index contributed by atoms with van der Waals surface area (Å²) in [6, 6.07) is 1.78. The number of rotatable bonds is 8. The fourth-order valence-electron chi connectivity index (χ4n) is 1.77. The summed E-state index contributed by atoms with van der Waals surface area (Å²) in [5, 5.41) is 3.24. The Labute approximate surface area is 115 Å². The van der Waals surface area contributed by atoms with Crippen LogP contribution in [0.5, 0.6) is 0 Å². The Hall–Kier alpha value is -1.36. The second-order valence-electron chi connectivity index (χ2n) is 5.53. The van der Waals surface area contributed by atoms with E-state index in [9.17, 15) is 0 Å². The third-order valence-electron chi connectivity index (χ3n) is 3.10. The first-order valence-corrected chi connectivity index (χ1v) is 7.11. The Balaban J connectivity index is 1.70. The first kappa shape index (κ1) is 14.1. The molecule has 0 amide bonds. The minimum absolute atomic E-state index is 0.520. The van der Waals surface area contributed by atoms with Crippen molar-refractivity contribution in [2.45, 2.75) is 39.0 Å². The van der Waals surface area contributed by atoms with Crippen molar-refractivity contribution in [3.63, 3.8) is 0 Å². The molecule has 106 valence electrons. The molecule has 1 saturated carbocycles. The number of anilines is 2. The summed E-state index contributed by atoms with van der Waals surface area (Å²) in [5.41, 5.74) is 5.79. The highest BCUT2D eigenvalue weighted by atomic mass is 16.5. The molecular weight excluding hydrogens is 240 g/mol. The molecule has 0 aliphatic heterocycles. The number of nitrogens with zero attached hydrogens (tertiary/aromatic N) is 2. The molecule has 0 radical (unpaired) electrons. The number of ether oxygens (including phenoxy) is 1. The van der Waals surface area contributed by atoms with Gasteiger partial charge in [-0.25, -0.2) is 9.97 Å². The molecule has 1 aromatic heterocycles. The van der Waals surface area contributed by atoms with Crippen LogP contribution >= 0.6 is 0 Å². The van der Waals surface area contributed by atoms with Gasteiger partial charge in [-0.2, -0.15) is 0 Å². The van der Waals surface area contributed by atoms with Crippen molar-refractivity contribution in [1.82, 2.24) is 9.97 Å². The molecule has 0 saturated heterocycles. The highest BCUT2D eigenvalue weighted by Gasteiger charge is 2.27. The zero-order valence-electron chi connectivity index (χ0n) is 11.9. The van der Waals surface area contributed by atoms with E-state index in [2.05, 4.69) is 29.1 Å². The normalized spacial score (nSPS) is 14.9. The minimum Gasteiger partial charge on any atom is -0.384 e. The number of aromatic nitrogens is 2. The van der Waals surface area contributed by atoms with Gasteiger partial charge in [-0.05, 0) is 25.2 Å². The molecule has 3 N–H and O–H groups in total. The van der Waals surface area contributed by atoms with Crippen LogP contribution < -0.4 is 11.1 Å². The Kier molecular flexibility index (Phi) is 4.96. The predicted octanol–water partition coefficient (Wildman–Crippen LogP) is 2.41. The van der Waals surface area contributed by atoms with Crippen LogP contribution in [-0.4, -0.2) is 29.7 Å². The Morgan fingerprint density at radius 1 is 1.37 bits per heavy atom. The van der Waals surface area contributed by atoms with Crippen LogP contribution in [0, 0.1) is 5.92 Å². The van der Waals surface area contributed by atoms with Gasteiger partial charge in [0.2, 0.25) is 0 Å². The third kappa shape index (κ3) is 5.03. The molecule has 1 aromatic rings. The van der Waals surface area contributed by atoms with Gasteiger partial charge < -0.3 is 15.8 Å². The number of nitrogen functional groups attached to an aromatic ring is 1. The molecule has 5 nitrogen and oxygen atoms in total. The maximum absolute atomic E-state index is 5.79. The number of hydrogen-bond donors (Lipinski definition) is 2. The van der Waals surface area contributed by atoms with E-state index in [0.29, 0.717) is 24.3 Å². The Bertz CT molecular complexity index is 404. The van der Waals surface area contributed by atoms with E-state index < -0.39 is 0 Å². The highest BCUT2D eigenvalue weighted by Crippen LogP contribution is 2.38. The van der Waals surface area contributed by atoms with E-state index in [-0.39, 0.29) is 0 Å². The molecule has 0 atom stereocenters. The van der Waals surface area contributed by atoms with Crippen LogP contribution in [0.3, 0.4) is 0 Å². The molecule has 5 heteroatoms. The lowest BCUT2D eigenvalue weighted by molar-refractivity contribution is 0.132. The summed E-state index contributed by atoms with van der Waals surface area (Å²) < 4.78 is 5.55. The molecule has 1 fully saturated rings. The van der Waals surface area contributed by atoms with E-state index in [1.165, 1.54) is 12.8 Å². The average molecular weight is 264 g/mol. The summed E-state index contributed by atoms with van der Waals surface area (Å²) >= 11 is 0. The van der Waals surface area contributed by atoms with Gasteiger partial charge in [-0.3, -0.25) is 0 Å². The van der Waals surface area contributed by atoms with Crippen LogP contribution in [0.25, 0.3) is 0 Å². The van der Waals surface area contributed by atoms with Crippen LogP contribution in [0.4, 0.5) is 11.6 Å². The number of nitrogens with one attached hydrogen (secondary N) is 1. The molecule has 0 spiro atoms. The van der Waals surface area contributed by atoms with E-state index in [0.717, 1.165) is 31.2 Å². The molecule has 19 heavy (non-hydrogen) atoms. The van der Waals surface area contributed by atoms with Crippen molar-refractivity contribution in [3.8, 4) is 0 Å². The standard InChI is InChI=1S/C14H24N4O/c1-10(2)5-7-19-8-6-16-13-9-12(15)17-14(18-13)11-3-4-11/h9-11H,3-8H2,1-2H3,(H3,15,16,17,18). The molecule has 0 aromatic carbocycles. The minimum atomic E-state index is 0.520. The predicted molar refractivity (Wildman–Crippen MR) is 77.2 cm³/mol. The first-order valence-electron chi connectivity index (χ1n) is 7.11. The summed E-state index contributed by atoms with van der Waals surface area (Å²) in [6.45, 7) is 6.65. The topological polar surface area (TPSA) is 73.1 Å². The fourth-order valence-corrected chi connectivity index (χ4v) is 1.77. The average Bonchev–Trinajstić information content (AvgIpc) is 3.16. The van der Waals surface area contributed by atoms with Gasteiger partial charge in [0.1, 0.15) is 17.5 Å². The highest BCUT2D eigenvalue weighted by molar-refractivity contribution is 5.45. The second-order valence-corrected chi connectivity index (χ2v) is 5.53. The van der Waals surface area contributed by atoms with Crippen molar-refractivity contribution in [1.29, 1.82) is 0 Å². The Morgan fingerprint density at radius 2 is 2.16 bits per heavy atom. The molecule has 2 rings (SSSR count). The van der Waals surface area contributed by atoms with Crippen LogP contribution in [0.15, 0.2) is 6.07 Å². The van der Waals surface area contributed by atoms with Crippen molar-refractivity contribution in [2.24, 2.45) is 5.92 Å².